The predicted molar refractivity (Wildman–Crippen MR) is 88.1 cm³/mol. The first-order valence-electron chi connectivity index (χ1n) is 6.92. The van der Waals surface area contributed by atoms with E-state index in [9.17, 15) is 4.79 Å². The molecule has 5 nitrogen and oxygen atoms in total. The van der Waals surface area contributed by atoms with Crippen LogP contribution in [-0.4, -0.2) is 25.0 Å². The van der Waals surface area contributed by atoms with Gasteiger partial charge >= 0.3 is 0 Å². The van der Waals surface area contributed by atoms with Gasteiger partial charge in [0.2, 0.25) is 0 Å². The van der Waals surface area contributed by atoms with Crippen LogP contribution in [0.3, 0.4) is 0 Å². The van der Waals surface area contributed by atoms with Crippen molar-refractivity contribution in [1.82, 2.24) is 4.98 Å². The molecule has 0 spiro atoms. The first-order chi connectivity index (χ1) is 9.71. The largest absolute Gasteiger partial charge is 0.397 e. The number of pyridine rings is 1. The minimum atomic E-state index is -0.479. The van der Waals surface area contributed by atoms with E-state index in [1.807, 2.05) is 19.0 Å². The van der Waals surface area contributed by atoms with E-state index in [1.54, 1.807) is 0 Å². The summed E-state index contributed by atoms with van der Waals surface area (Å²) in [5, 5.41) is 0.931. The average Bonchev–Trinajstić information content (AvgIpc) is 2.84. The Kier molecular flexibility index (Phi) is 2.92. The molecule has 2 aromatic heterocycles. The number of nitrogens with two attached hydrogens (primary N) is 2. The standard InChI is InChI=1S/C15H20N4OS/c1-15(2)5-7-8(6-15)13(19(3)4)18-14-9(7)10(16)11(21-14)12(17)20/h5-6,16H2,1-4H3,(H2,17,20). The zero-order chi connectivity index (χ0) is 15.5. The predicted octanol–water partition coefficient (Wildman–Crippen LogP) is 2.17. The summed E-state index contributed by atoms with van der Waals surface area (Å²) in [7, 11) is 3.98. The molecular formula is C15H20N4OS. The fourth-order valence-corrected chi connectivity index (χ4v) is 4.18. The van der Waals surface area contributed by atoms with Crippen molar-refractivity contribution < 1.29 is 4.79 Å². The van der Waals surface area contributed by atoms with E-state index in [0.29, 0.717) is 10.6 Å². The topological polar surface area (TPSA) is 85.2 Å². The first kappa shape index (κ1) is 14.1. The summed E-state index contributed by atoms with van der Waals surface area (Å²) < 4.78 is 0. The van der Waals surface area contributed by atoms with Crippen molar-refractivity contribution in [3.05, 3.63) is 16.0 Å². The lowest BCUT2D eigenvalue weighted by Gasteiger charge is -2.17. The molecule has 0 aliphatic heterocycles. The third-order valence-corrected chi connectivity index (χ3v) is 5.14. The molecule has 0 bridgehead atoms. The minimum absolute atomic E-state index is 0.185. The van der Waals surface area contributed by atoms with Gasteiger partial charge in [-0.05, 0) is 29.4 Å². The van der Waals surface area contributed by atoms with Crippen molar-refractivity contribution in [2.75, 3.05) is 24.7 Å². The van der Waals surface area contributed by atoms with Crippen molar-refractivity contribution in [2.24, 2.45) is 11.1 Å². The van der Waals surface area contributed by atoms with Crippen LogP contribution in [0.15, 0.2) is 0 Å². The van der Waals surface area contributed by atoms with Crippen LogP contribution < -0.4 is 16.4 Å². The van der Waals surface area contributed by atoms with Gasteiger partial charge in [-0.15, -0.1) is 11.3 Å². The van der Waals surface area contributed by atoms with Crippen molar-refractivity contribution in [3.63, 3.8) is 0 Å². The SMILES string of the molecule is CN(C)c1nc2sc(C(N)=O)c(N)c2c2c1CC(C)(C)C2. The van der Waals surface area contributed by atoms with E-state index in [4.69, 9.17) is 16.5 Å². The molecule has 21 heavy (non-hydrogen) atoms. The van der Waals surface area contributed by atoms with Gasteiger partial charge in [-0.3, -0.25) is 4.79 Å². The lowest BCUT2D eigenvalue weighted by atomic mass is 9.90. The van der Waals surface area contributed by atoms with Gasteiger partial charge in [-0.2, -0.15) is 0 Å². The smallest absolute Gasteiger partial charge is 0.260 e. The van der Waals surface area contributed by atoms with Crippen LogP contribution in [0.4, 0.5) is 11.5 Å². The second-order valence-electron chi connectivity index (χ2n) is 6.69. The number of anilines is 2. The number of nitrogens with zero attached hydrogens (tertiary/aromatic N) is 2. The monoisotopic (exact) mass is 304 g/mol. The number of rotatable bonds is 2. The Hall–Kier alpha value is -1.82. The molecule has 2 heterocycles. The van der Waals surface area contributed by atoms with Gasteiger partial charge in [-0.1, -0.05) is 13.8 Å². The third kappa shape index (κ3) is 2.05. The number of carbonyl (C=O) groups excluding carboxylic acids is 1. The van der Waals surface area contributed by atoms with Crippen LogP contribution in [0.5, 0.6) is 0 Å². The highest BCUT2D eigenvalue weighted by Crippen LogP contribution is 2.47. The number of nitrogen functional groups attached to an aromatic ring is 1. The maximum atomic E-state index is 11.6. The Bertz CT molecular complexity index is 761. The highest BCUT2D eigenvalue weighted by molar-refractivity contribution is 7.21. The van der Waals surface area contributed by atoms with Gasteiger partial charge in [-0.25, -0.2) is 4.98 Å². The molecule has 1 aliphatic carbocycles. The van der Waals surface area contributed by atoms with Gasteiger partial charge in [0.25, 0.3) is 5.91 Å². The van der Waals surface area contributed by atoms with Crippen LogP contribution in [-0.2, 0) is 12.8 Å². The number of hydrogen-bond donors (Lipinski definition) is 2. The Balaban J connectivity index is 2.38. The number of fused-ring (bicyclic) bond motifs is 3. The lowest BCUT2D eigenvalue weighted by Crippen LogP contribution is -2.14. The highest BCUT2D eigenvalue weighted by Gasteiger charge is 2.35. The lowest BCUT2D eigenvalue weighted by molar-refractivity contribution is 0.100. The zero-order valence-electron chi connectivity index (χ0n) is 12.8. The molecule has 112 valence electrons. The summed E-state index contributed by atoms with van der Waals surface area (Å²) >= 11 is 1.29. The van der Waals surface area contributed by atoms with Crippen LogP contribution in [0.25, 0.3) is 10.2 Å². The molecule has 0 atom stereocenters. The average molecular weight is 304 g/mol. The molecule has 1 amide bonds. The fourth-order valence-electron chi connectivity index (χ4n) is 3.20. The number of carbonyl (C=O) groups is 1. The van der Waals surface area contributed by atoms with Gasteiger partial charge < -0.3 is 16.4 Å². The number of aromatic nitrogens is 1. The maximum Gasteiger partial charge on any atom is 0.260 e. The fraction of sp³-hybridized carbons (Fsp3) is 0.467. The summed E-state index contributed by atoms with van der Waals surface area (Å²) in [6.45, 7) is 4.49. The van der Waals surface area contributed by atoms with E-state index in [1.165, 1.54) is 22.5 Å². The number of primary amides is 1. The molecule has 0 radical (unpaired) electrons. The van der Waals surface area contributed by atoms with Crippen molar-refractivity contribution in [2.45, 2.75) is 26.7 Å². The molecule has 6 heteroatoms. The summed E-state index contributed by atoms with van der Waals surface area (Å²) in [6, 6.07) is 0. The molecule has 3 rings (SSSR count). The summed E-state index contributed by atoms with van der Waals surface area (Å²) in [5.41, 5.74) is 14.8. The molecule has 4 N–H and O–H groups in total. The minimum Gasteiger partial charge on any atom is -0.397 e. The van der Waals surface area contributed by atoms with Crippen LogP contribution in [0.2, 0.25) is 0 Å². The van der Waals surface area contributed by atoms with Gasteiger partial charge in [0, 0.05) is 19.5 Å². The molecule has 0 saturated carbocycles. The second-order valence-corrected chi connectivity index (χ2v) is 7.69. The Morgan fingerprint density at radius 3 is 2.48 bits per heavy atom. The van der Waals surface area contributed by atoms with Gasteiger partial charge in [0.1, 0.15) is 15.5 Å². The van der Waals surface area contributed by atoms with E-state index in [2.05, 4.69) is 13.8 Å². The van der Waals surface area contributed by atoms with Gasteiger partial charge in [0.15, 0.2) is 0 Å². The first-order valence-corrected chi connectivity index (χ1v) is 7.74. The molecule has 2 aromatic rings. The quantitative estimate of drug-likeness (QED) is 0.890. The van der Waals surface area contributed by atoms with E-state index in [0.717, 1.165) is 28.9 Å². The zero-order valence-corrected chi connectivity index (χ0v) is 13.6. The molecule has 0 saturated heterocycles. The van der Waals surface area contributed by atoms with Crippen LogP contribution >= 0.6 is 11.3 Å². The number of thiophene rings is 1. The van der Waals surface area contributed by atoms with Crippen molar-refractivity contribution >= 4 is 39.0 Å². The molecule has 0 fully saturated rings. The Morgan fingerprint density at radius 2 is 1.90 bits per heavy atom. The van der Waals surface area contributed by atoms with E-state index < -0.39 is 5.91 Å². The van der Waals surface area contributed by atoms with Crippen LogP contribution in [0, 0.1) is 5.41 Å². The van der Waals surface area contributed by atoms with E-state index in [-0.39, 0.29) is 5.41 Å². The normalized spacial score (nSPS) is 16.2. The molecular weight excluding hydrogens is 284 g/mol. The Labute approximate surface area is 127 Å². The maximum absolute atomic E-state index is 11.6. The van der Waals surface area contributed by atoms with Gasteiger partial charge in [0.05, 0.1) is 5.69 Å². The number of hydrogen-bond acceptors (Lipinski definition) is 5. The molecule has 0 unspecified atom stereocenters. The van der Waals surface area contributed by atoms with Crippen LogP contribution in [0.1, 0.15) is 34.6 Å². The van der Waals surface area contributed by atoms with Crippen molar-refractivity contribution in [3.8, 4) is 0 Å². The summed E-state index contributed by atoms with van der Waals surface area (Å²) in [4.78, 5) is 19.5. The molecule has 0 aromatic carbocycles. The Morgan fingerprint density at radius 1 is 1.29 bits per heavy atom. The van der Waals surface area contributed by atoms with Crippen molar-refractivity contribution in [1.29, 1.82) is 0 Å². The molecule has 1 aliphatic rings. The summed E-state index contributed by atoms with van der Waals surface area (Å²) in [6.07, 6.45) is 1.92. The second kappa shape index (κ2) is 4.34. The highest BCUT2D eigenvalue weighted by atomic mass is 32.1. The van der Waals surface area contributed by atoms with E-state index >= 15 is 0 Å². The summed E-state index contributed by atoms with van der Waals surface area (Å²) in [5.74, 6) is 0.494. The number of amides is 1. The third-order valence-electron chi connectivity index (χ3n) is 4.03.